The number of non-ortho nitro benzene ring substituents is 1. The van der Waals surface area contributed by atoms with Gasteiger partial charge in [0.1, 0.15) is 0 Å². The number of hydrogen-bond donors (Lipinski definition) is 0. The van der Waals surface area contributed by atoms with Crippen molar-refractivity contribution in [2.24, 2.45) is 0 Å². The highest BCUT2D eigenvalue weighted by molar-refractivity contribution is 6.20. The van der Waals surface area contributed by atoms with E-state index in [-0.39, 0.29) is 29.1 Å². The predicted molar refractivity (Wildman–Crippen MR) is 75.0 cm³/mol. The van der Waals surface area contributed by atoms with Gasteiger partial charge >= 0.3 is 0 Å². The third kappa shape index (κ3) is 2.26. The van der Waals surface area contributed by atoms with Crippen LogP contribution in [0.2, 0.25) is 0 Å². The highest BCUT2D eigenvalue weighted by atomic mass is 35.5. The molecule has 1 amide bonds. The van der Waals surface area contributed by atoms with Crippen LogP contribution in [0.4, 0.5) is 5.69 Å². The minimum atomic E-state index is -0.461. The van der Waals surface area contributed by atoms with Gasteiger partial charge in [-0.25, -0.2) is 0 Å². The Morgan fingerprint density at radius 2 is 1.75 bits per heavy atom. The van der Waals surface area contributed by atoms with E-state index in [4.69, 9.17) is 11.6 Å². The summed E-state index contributed by atoms with van der Waals surface area (Å²) in [5.74, 6) is -0.0315. The van der Waals surface area contributed by atoms with E-state index in [1.54, 1.807) is 0 Å². The minimum Gasteiger partial charge on any atom is -0.333 e. The molecule has 2 aliphatic heterocycles. The Labute approximate surface area is 121 Å². The number of halogens is 1. The van der Waals surface area contributed by atoms with Gasteiger partial charge in [0, 0.05) is 35.2 Å². The van der Waals surface area contributed by atoms with E-state index < -0.39 is 4.92 Å². The average molecular weight is 295 g/mol. The van der Waals surface area contributed by atoms with E-state index in [1.165, 1.54) is 24.3 Å². The highest BCUT2D eigenvalue weighted by Crippen LogP contribution is 2.38. The van der Waals surface area contributed by atoms with E-state index in [0.717, 1.165) is 25.7 Å². The molecule has 0 aliphatic carbocycles. The first-order valence-electron chi connectivity index (χ1n) is 6.77. The van der Waals surface area contributed by atoms with Gasteiger partial charge in [-0.2, -0.15) is 0 Å². The number of fused-ring (bicyclic) bond motifs is 2. The average Bonchev–Trinajstić information content (AvgIpc) is 2.70. The molecule has 106 valence electrons. The molecule has 0 radical (unpaired) electrons. The molecule has 1 aromatic rings. The molecule has 3 rings (SSSR count). The van der Waals surface area contributed by atoms with Crippen molar-refractivity contribution in [2.75, 3.05) is 0 Å². The Bertz CT molecular complexity index is 532. The standard InChI is InChI=1S/C14H15ClN2O3/c15-10-7-12-5-6-13(8-10)16(12)14(18)9-1-3-11(4-2-9)17(19)20/h1-4,10,12-13H,5-8H2. The van der Waals surface area contributed by atoms with Gasteiger partial charge in [-0.1, -0.05) is 0 Å². The van der Waals surface area contributed by atoms with Crippen LogP contribution in [0.3, 0.4) is 0 Å². The predicted octanol–water partition coefficient (Wildman–Crippen LogP) is 2.97. The van der Waals surface area contributed by atoms with Crippen LogP contribution in [0.5, 0.6) is 0 Å². The molecule has 0 aromatic heterocycles. The van der Waals surface area contributed by atoms with Crippen molar-refractivity contribution in [3.63, 3.8) is 0 Å². The second-order valence-electron chi connectivity index (χ2n) is 5.47. The van der Waals surface area contributed by atoms with Gasteiger partial charge < -0.3 is 4.90 Å². The quantitative estimate of drug-likeness (QED) is 0.478. The van der Waals surface area contributed by atoms with Gasteiger partial charge in [0.25, 0.3) is 11.6 Å². The molecule has 2 atom stereocenters. The van der Waals surface area contributed by atoms with Crippen LogP contribution in [0.25, 0.3) is 0 Å². The first kappa shape index (κ1) is 13.4. The number of nitrogens with zero attached hydrogens (tertiary/aromatic N) is 2. The summed E-state index contributed by atoms with van der Waals surface area (Å²) in [6, 6.07) is 6.27. The number of carbonyl (C=O) groups excluding carboxylic acids is 1. The third-order valence-electron chi connectivity index (χ3n) is 4.24. The Kier molecular flexibility index (Phi) is 3.38. The molecule has 5 nitrogen and oxygen atoms in total. The summed E-state index contributed by atoms with van der Waals surface area (Å²) >= 11 is 6.21. The number of nitro benzene ring substituents is 1. The van der Waals surface area contributed by atoms with E-state index >= 15 is 0 Å². The fourth-order valence-corrected chi connectivity index (χ4v) is 3.73. The molecule has 0 spiro atoms. The number of piperidine rings is 1. The zero-order chi connectivity index (χ0) is 14.3. The van der Waals surface area contributed by atoms with Crippen LogP contribution in [0, 0.1) is 10.1 Å². The van der Waals surface area contributed by atoms with Crippen molar-refractivity contribution < 1.29 is 9.72 Å². The lowest BCUT2D eigenvalue weighted by Gasteiger charge is -2.37. The molecular weight excluding hydrogens is 280 g/mol. The van der Waals surface area contributed by atoms with Crippen LogP contribution in [-0.2, 0) is 0 Å². The van der Waals surface area contributed by atoms with Crippen LogP contribution < -0.4 is 0 Å². The Balaban J connectivity index is 1.81. The number of hydrogen-bond acceptors (Lipinski definition) is 3. The second kappa shape index (κ2) is 5.05. The molecule has 0 N–H and O–H groups in total. The van der Waals surface area contributed by atoms with Gasteiger partial charge in [0.2, 0.25) is 0 Å². The van der Waals surface area contributed by atoms with Gasteiger partial charge in [-0.3, -0.25) is 14.9 Å². The van der Waals surface area contributed by atoms with Crippen LogP contribution in [-0.4, -0.2) is 33.2 Å². The molecule has 2 saturated heterocycles. The number of amides is 1. The number of nitro groups is 1. The molecular formula is C14H15ClN2O3. The summed E-state index contributed by atoms with van der Waals surface area (Å²) in [5, 5.41) is 10.8. The number of rotatable bonds is 2. The van der Waals surface area contributed by atoms with Crippen molar-refractivity contribution in [1.29, 1.82) is 0 Å². The maximum absolute atomic E-state index is 12.6. The number of benzene rings is 1. The van der Waals surface area contributed by atoms with Gasteiger partial charge in [0.05, 0.1) is 4.92 Å². The Morgan fingerprint density at radius 1 is 1.20 bits per heavy atom. The van der Waals surface area contributed by atoms with E-state index in [0.29, 0.717) is 5.56 Å². The molecule has 2 heterocycles. The topological polar surface area (TPSA) is 63.4 Å². The smallest absolute Gasteiger partial charge is 0.269 e. The monoisotopic (exact) mass is 294 g/mol. The Hall–Kier alpha value is -1.62. The third-order valence-corrected chi connectivity index (χ3v) is 4.59. The fourth-order valence-electron chi connectivity index (χ4n) is 3.32. The lowest BCUT2D eigenvalue weighted by Crippen LogP contribution is -2.46. The highest BCUT2D eigenvalue weighted by Gasteiger charge is 2.42. The SMILES string of the molecule is O=C(c1ccc([N+](=O)[O-])cc1)N1C2CCC1CC(Cl)C2. The first-order chi connectivity index (χ1) is 9.56. The van der Waals surface area contributed by atoms with Crippen molar-refractivity contribution in [3.8, 4) is 0 Å². The van der Waals surface area contributed by atoms with Crippen LogP contribution in [0.1, 0.15) is 36.0 Å². The number of carbonyl (C=O) groups is 1. The van der Waals surface area contributed by atoms with Crippen molar-refractivity contribution >= 4 is 23.2 Å². The van der Waals surface area contributed by atoms with Crippen molar-refractivity contribution in [3.05, 3.63) is 39.9 Å². The largest absolute Gasteiger partial charge is 0.333 e. The normalized spacial score (nSPS) is 28.4. The zero-order valence-electron chi connectivity index (χ0n) is 10.9. The van der Waals surface area contributed by atoms with Crippen molar-refractivity contribution in [1.82, 2.24) is 4.90 Å². The summed E-state index contributed by atoms with van der Waals surface area (Å²) in [7, 11) is 0. The molecule has 20 heavy (non-hydrogen) atoms. The summed E-state index contributed by atoms with van der Waals surface area (Å²) in [5.41, 5.74) is 0.518. The molecule has 2 bridgehead atoms. The molecule has 2 unspecified atom stereocenters. The summed E-state index contributed by atoms with van der Waals surface area (Å²) < 4.78 is 0. The van der Waals surface area contributed by atoms with E-state index in [1.807, 2.05) is 4.90 Å². The van der Waals surface area contributed by atoms with Crippen LogP contribution in [0.15, 0.2) is 24.3 Å². The molecule has 6 heteroatoms. The Morgan fingerprint density at radius 3 is 2.25 bits per heavy atom. The lowest BCUT2D eigenvalue weighted by atomic mass is 10.0. The summed E-state index contributed by atoms with van der Waals surface area (Å²) in [6.07, 6.45) is 3.70. The van der Waals surface area contributed by atoms with Gasteiger partial charge in [-0.15, -0.1) is 11.6 Å². The van der Waals surface area contributed by atoms with Gasteiger partial charge in [-0.05, 0) is 37.8 Å². The molecule has 2 fully saturated rings. The number of alkyl halides is 1. The van der Waals surface area contributed by atoms with Crippen LogP contribution >= 0.6 is 11.6 Å². The maximum Gasteiger partial charge on any atom is 0.269 e. The maximum atomic E-state index is 12.6. The summed E-state index contributed by atoms with van der Waals surface area (Å²) in [6.45, 7) is 0. The van der Waals surface area contributed by atoms with E-state index in [9.17, 15) is 14.9 Å². The molecule has 1 aromatic carbocycles. The van der Waals surface area contributed by atoms with Gasteiger partial charge in [0.15, 0.2) is 0 Å². The fraction of sp³-hybridized carbons (Fsp3) is 0.500. The zero-order valence-corrected chi connectivity index (χ0v) is 11.6. The van der Waals surface area contributed by atoms with Crippen molar-refractivity contribution in [2.45, 2.75) is 43.1 Å². The van der Waals surface area contributed by atoms with E-state index in [2.05, 4.69) is 0 Å². The summed E-state index contributed by atoms with van der Waals surface area (Å²) in [4.78, 5) is 24.7. The molecule has 2 aliphatic rings. The minimum absolute atomic E-state index is 0.00369. The second-order valence-corrected chi connectivity index (χ2v) is 6.09. The molecule has 0 saturated carbocycles. The first-order valence-corrected chi connectivity index (χ1v) is 7.21. The lowest BCUT2D eigenvalue weighted by molar-refractivity contribution is -0.384.